The van der Waals surface area contributed by atoms with Crippen LogP contribution in [-0.2, 0) is 11.3 Å². The summed E-state index contributed by atoms with van der Waals surface area (Å²) in [4.78, 5) is 33.1. The molecule has 4 rings (SSSR count). The van der Waals surface area contributed by atoms with Crippen LogP contribution in [0, 0.1) is 11.7 Å². The van der Waals surface area contributed by atoms with Gasteiger partial charge in [-0.15, -0.1) is 11.3 Å². The van der Waals surface area contributed by atoms with Crippen LogP contribution in [0.5, 0.6) is 0 Å². The molecule has 2 fully saturated rings. The Bertz CT molecular complexity index is 811. The number of thiazole rings is 1. The number of hydrogen-bond acceptors (Lipinski definition) is 4. The minimum absolute atomic E-state index is 0.0177. The number of benzene rings is 1. The van der Waals surface area contributed by atoms with E-state index in [9.17, 15) is 14.0 Å². The molecule has 2 unspecified atom stereocenters. The molecular weight excluding hydrogens is 353 g/mol. The van der Waals surface area contributed by atoms with Gasteiger partial charge in [0.25, 0.3) is 5.91 Å². The van der Waals surface area contributed by atoms with Gasteiger partial charge in [-0.1, -0.05) is 12.1 Å². The fourth-order valence-corrected chi connectivity index (χ4v) is 4.54. The summed E-state index contributed by atoms with van der Waals surface area (Å²) < 4.78 is 13.5. The molecular formula is C19H20FN3O2S. The molecule has 2 amide bonds. The first-order valence-corrected chi connectivity index (χ1v) is 9.77. The highest BCUT2D eigenvalue weighted by Gasteiger charge is 2.42. The maximum absolute atomic E-state index is 13.5. The number of carbonyl (C=O) groups is 2. The Hall–Kier alpha value is -2.28. The van der Waals surface area contributed by atoms with Crippen molar-refractivity contribution in [3.05, 3.63) is 52.2 Å². The van der Waals surface area contributed by atoms with E-state index in [-0.39, 0.29) is 29.6 Å². The van der Waals surface area contributed by atoms with E-state index >= 15 is 0 Å². The van der Waals surface area contributed by atoms with E-state index in [0.29, 0.717) is 31.7 Å². The maximum atomic E-state index is 13.5. The lowest BCUT2D eigenvalue weighted by atomic mass is 9.98. The number of likely N-dealkylation sites (tertiary alicyclic amines) is 2. The molecule has 136 valence electrons. The van der Waals surface area contributed by atoms with E-state index in [1.54, 1.807) is 17.0 Å². The SMILES string of the molecule is O=C(c1cscn1)N1CC2CCCC(=O)N(Cc3cccc(F)c3)C2C1. The Morgan fingerprint density at radius 1 is 1.35 bits per heavy atom. The van der Waals surface area contributed by atoms with Crippen molar-refractivity contribution in [2.45, 2.75) is 31.8 Å². The zero-order chi connectivity index (χ0) is 18.1. The quantitative estimate of drug-likeness (QED) is 0.831. The van der Waals surface area contributed by atoms with Gasteiger partial charge in [-0.25, -0.2) is 9.37 Å². The predicted molar refractivity (Wildman–Crippen MR) is 96.1 cm³/mol. The smallest absolute Gasteiger partial charge is 0.273 e. The lowest BCUT2D eigenvalue weighted by Crippen LogP contribution is -2.43. The summed E-state index contributed by atoms with van der Waals surface area (Å²) in [7, 11) is 0. The van der Waals surface area contributed by atoms with Crippen molar-refractivity contribution in [1.29, 1.82) is 0 Å². The highest BCUT2D eigenvalue weighted by molar-refractivity contribution is 7.07. The molecule has 26 heavy (non-hydrogen) atoms. The Labute approximate surface area is 155 Å². The highest BCUT2D eigenvalue weighted by atomic mass is 32.1. The number of fused-ring (bicyclic) bond motifs is 1. The van der Waals surface area contributed by atoms with E-state index < -0.39 is 0 Å². The van der Waals surface area contributed by atoms with Gasteiger partial charge in [-0.2, -0.15) is 0 Å². The summed E-state index contributed by atoms with van der Waals surface area (Å²) in [5.74, 6) is -0.0205. The van der Waals surface area contributed by atoms with Crippen LogP contribution in [0.1, 0.15) is 35.3 Å². The van der Waals surface area contributed by atoms with Gasteiger partial charge in [0, 0.05) is 31.4 Å². The number of aromatic nitrogens is 1. The third-order valence-electron chi connectivity index (χ3n) is 5.27. The topological polar surface area (TPSA) is 53.5 Å². The Morgan fingerprint density at radius 3 is 3.00 bits per heavy atom. The Balaban J connectivity index is 1.55. The molecule has 2 atom stereocenters. The molecule has 7 heteroatoms. The van der Waals surface area contributed by atoms with Crippen LogP contribution in [0.4, 0.5) is 4.39 Å². The van der Waals surface area contributed by atoms with E-state index in [2.05, 4.69) is 4.98 Å². The van der Waals surface area contributed by atoms with E-state index in [1.165, 1.54) is 23.5 Å². The van der Waals surface area contributed by atoms with Gasteiger partial charge >= 0.3 is 0 Å². The molecule has 2 aliphatic heterocycles. The van der Waals surface area contributed by atoms with Crippen molar-refractivity contribution < 1.29 is 14.0 Å². The average Bonchev–Trinajstić information content (AvgIpc) is 3.27. The summed E-state index contributed by atoms with van der Waals surface area (Å²) in [6, 6.07) is 6.36. The molecule has 2 saturated heterocycles. The molecule has 3 heterocycles. The van der Waals surface area contributed by atoms with Crippen molar-refractivity contribution in [3.63, 3.8) is 0 Å². The molecule has 2 aromatic rings. The Morgan fingerprint density at radius 2 is 2.23 bits per heavy atom. The van der Waals surface area contributed by atoms with Crippen LogP contribution in [0.15, 0.2) is 35.2 Å². The van der Waals surface area contributed by atoms with Crippen LogP contribution in [0.3, 0.4) is 0 Å². The predicted octanol–water partition coefficient (Wildman–Crippen LogP) is 2.94. The first-order valence-electron chi connectivity index (χ1n) is 8.83. The zero-order valence-electron chi connectivity index (χ0n) is 14.3. The second kappa shape index (κ2) is 7.15. The molecule has 0 saturated carbocycles. The first-order chi connectivity index (χ1) is 12.6. The van der Waals surface area contributed by atoms with Gasteiger partial charge in [0.2, 0.25) is 5.91 Å². The van der Waals surface area contributed by atoms with Gasteiger partial charge in [0.05, 0.1) is 11.6 Å². The second-order valence-corrected chi connectivity index (χ2v) is 7.67. The molecule has 1 aromatic heterocycles. The second-order valence-electron chi connectivity index (χ2n) is 6.96. The third-order valence-corrected chi connectivity index (χ3v) is 5.86. The third kappa shape index (κ3) is 3.35. The number of nitrogens with zero attached hydrogens (tertiary/aromatic N) is 3. The van der Waals surface area contributed by atoms with Gasteiger partial charge in [-0.3, -0.25) is 9.59 Å². The summed E-state index contributed by atoms with van der Waals surface area (Å²) in [6.07, 6.45) is 2.28. The molecule has 5 nitrogen and oxygen atoms in total. The molecule has 1 aromatic carbocycles. The highest BCUT2D eigenvalue weighted by Crippen LogP contribution is 2.32. The standard InChI is InChI=1S/C19H20FN3O2S/c20-15-5-1-3-13(7-15)8-23-17-10-22(19(25)16-11-26-12-21-16)9-14(17)4-2-6-18(23)24/h1,3,5,7,11-12,14,17H,2,4,6,8-10H2. The fourth-order valence-electron chi connectivity index (χ4n) is 4.02. The van der Waals surface area contributed by atoms with Crippen LogP contribution in [0.2, 0.25) is 0 Å². The van der Waals surface area contributed by atoms with Gasteiger partial charge < -0.3 is 9.80 Å². The molecule has 0 spiro atoms. The van der Waals surface area contributed by atoms with Crippen molar-refractivity contribution in [2.75, 3.05) is 13.1 Å². The van der Waals surface area contributed by atoms with Crippen molar-refractivity contribution in [2.24, 2.45) is 5.92 Å². The van der Waals surface area contributed by atoms with Crippen molar-refractivity contribution in [3.8, 4) is 0 Å². The van der Waals surface area contributed by atoms with Crippen molar-refractivity contribution >= 4 is 23.2 Å². The van der Waals surface area contributed by atoms with Crippen LogP contribution < -0.4 is 0 Å². The van der Waals surface area contributed by atoms with Gasteiger partial charge in [-0.05, 0) is 36.5 Å². The number of carbonyl (C=O) groups excluding carboxylic acids is 2. The number of amides is 2. The number of halogens is 1. The van der Waals surface area contributed by atoms with Gasteiger partial charge in [0.1, 0.15) is 11.5 Å². The zero-order valence-corrected chi connectivity index (χ0v) is 15.1. The fraction of sp³-hybridized carbons (Fsp3) is 0.421. The summed E-state index contributed by atoms with van der Waals surface area (Å²) in [5, 5.41) is 1.76. The van der Waals surface area contributed by atoms with E-state index in [0.717, 1.165) is 18.4 Å². The number of rotatable bonds is 3. The van der Waals surface area contributed by atoms with Crippen molar-refractivity contribution in [1.82, 2.24) is 14.8 Å². The Kier molecular flexibility index (Phi) is 4.72. The van der Waals surface area contributed by atoms with Crippen LogP contribution in [0.25, 0.3) is 0 Å². The molecule has 0 radical (unpaired) electrons. The van der Waals surface area contributed by atoms with Crippen LogP contribution >= 0.6 is 11.3 Å². The van der Waals surface area contributed by atoms with Crippen LogP contribution in [-0.4, -0.2) is 45.7 Å². The molecule has 0 bridgehead atoms. The molecule has 0 N–H and O–H groups in total. The average molecular weight is 373 g/mol. The lowest BCUT2D eigenvalue weighted by Gasteiger charge is -2.30. The normalized spacial score (nSPS) is 23.0. The monoisotopic (exact) mass is 373 g/mol. The minimum Gasteiger partial charge on any atom is -0.335 e. The molecule has 0 aliphatic carbocycles. The van der Waals surface area contributed by atoms with E-state index in [1.807, 2.05) is 15.9 Å². The minimum atomic E-state index is -0.298. The summed E-state index contributed by atoms with van der Waals surface area (Å²) in [5.41, 5.74) is 2.90. The summed E-state index contributed by atoms with van der Waals surface area (Å²) >= 11 is 1.40. The lowest BCUT2D eigenvalue weighted by molar-refractivity contribution is -0.133. The maximum Gasteiger partial charge on any atom is 0.273 e. The first kappa shape index (κ1) is 17.1. The molecule has 2 aliphatic rings. The van der Waals surface area contributed by atoms with E-state index in [4.69, 9.17) is 0 Å². The largest absolute Gasteiger partial charge is 0.335 e. The summed E-state index contributed by atoms with van der Waals surface area (Å²) in [6.45, 7) is 1.55. The van der Waals surface area contributed by atoms with Gasteiger partial charge in [0.15, 0.2) is 0 Å². The number of hydrogen-bond donors (Lipinski definition) is 0.